The van der Waals surface area contributed by atoms with Crippen molar-refractivity contribution < 1.29 is 5.11 Å². The van der Waals surface area contributed by atoms with Crippen molar-refractivity contribution in [2.45, 2.75) is 45.4 Å². The minimum Gasteiger partial charge on any atom is -0.512 e. The second kappa shape index (κ2) is 4.23. The topological polar surface area (TPSA) is 58.3 Å². The highest BCUT2D eigenvalue weighted by Crippen LogP contribution is 2.41. The van der Waals surface area contributed by atoms with Crippen LogP contribution in [-0.4, -0.2) is 5.11 Å². The Morgan fingerprint density at radius 3 is 2.06 bits per heavy atom. The van der Waals surface area contributed by atoms with Crippen LogP contribution in [0.25, 0.3) is 0 Å². The Hall–Kier alpha value is -1.64. The molecule has 2 aliphatic carbocycles. The molecular weight excluding hydrogens is 224 g/mol. The number of hydrogen-bond acceptors (Lipinski definition) is 3. The molecule has 0 atom stereocenters. The van der Waals surface area contributed by atoms with Gasteiger partial charge in [0.25, 0.3) is 0 Å². The lowest BCUT2D eigenvalue weighted by Gasteiger charge is -2.19. The molecule has 0 aliphatic heterocycles. The van der Waals surface area contributed by atoms with Gasteiger partial charge >= 0.3 is 0 Å². The summed E-state index contributed by atoms with van der Waals surface area (Å²) in [7, 11) is 0. The Kier molecular flexibility index (Phi) is 2.69. The predicted molar refractivity (Wildman–Crippen MR) is 73.8 cm³/mol. The van der Waals surface area contributed by atoms with Crippen LogP contribution in [0.15, 0.2) is 12.1 Å². The maximum atomic E-state index is 9.00. The Labute approximate surface area is 108 Å². The second-order valence-corrected chi connectivity index (χ2v) is 5.33. The fourth-order valence-corrected chi connectivity index (χ4v) is 3.56. The molecular formula is C15H20N2O. The molecule has 0 saturated carbocycles. The smallest absolute Gasteiger partial charge is 0.136 e. The van der Waals surface area contributed by atoms with Crippen LogP contribution >= 0.6 is 0 Å². The minimum atomic E-state index is 0.335. The van der Waals surface area contributed by atoms with Gasteiger partial charge < -0.3 is 16.2 Å². The van der Waals surface area contributed by atoms with E-state index in [1.807, 2.05) is 0 Å². The molecule has 4 N–H and O–H groups in total. The Balaban J connectivity index is 2.18. The highest BCUT2D eigenvalue weighted by atomic mass is 16.2. The zero-order valence-corrected chi connectivity index (χ0v) is 10.8. The number of nitrogens with one attached hydrogen (secondary N) is 1. The highest BCUT2D eigenvalue weighted by Gasteiger charge is 2.26. The Morgan fingerprint density at radius 2 is 1.56 bits per heavy atom. The van der Waals surface area contributed by atoms with E-state index in [0.717, 1.165) is 19.1 Å². The van der Waals surface area contributed by atoms with Crippen LogP contribution in [0.3, 0.4) is 0 Å². The van der Waals surface area contributed by atoms with Crippen molar-refractivity contribution in [1.29, 1.82) is 0 Å². The van der Waals surface area contributed by atoms with Crippen LogP contribution in [0.5, 0.6) is 0 Å². The standard InChI is InChI=1S/C15H20N2O/c1-9-10-4-2-6-12(10)15(17-14(16)8-18)13-7-3-5-11(9)13/h8,17-18H,2-7,16H2,1H3/b14-8-. The number of hydrogen-bond donors (Lipinski definition) is 3. The molecule has 3 heteroatoms. The molecule has 0 saturated heterocycles. The van der Waals surface area contributed by atoms with E-state index in [9.17, 15) is 0 Å². The molecule has 0 fully saturated rings. The van der Waals surface area contributed by atoms with Gasteiger partial charge in [-0.1, -0.05) is 0 Å². The normalized spacial score (nSPS) is 17.7. The molecule has 0 radical (unpaired) electrons. The summed E-state index contributed by atoms with van der Waals surface area (Å²) in [6.45, 7) is 2.27. The van der Waals surface area contributed by atoms with E-state index in [2.05, 4.69) is 12.2 Å². The molecule has 3 rings (SSSR count). The molecule has 0 aromatic heterocycles. The first kappa shape index (κ1) is 11.5. The van der Waals surface area contributed by atoms with Gasteiger partial charge in [-0.05, 0) is 73.3 Å². The number of anilines is 1. The first-order valence-electron chi connectivity index (χ1n) is 6.75. The van der Waals surface area contributed by atoms with Crippen molar-refractivity contribution in [3.63, 3.8) is 0 Å². The van der Waals surface area contributed by atoms with Crippen LogP contribution in [0, 0.1) is 6.92 Å². The maximum Gasteiger partial charge on any atom is 0.136 e. The lowest BCUT2D eigenvalue weighted by atomic mass is 9.93. The summed E-state index contributed by atoms with van der Waals surface area (Å²) in [5.74, 6) is 0.335. The van der Waals surface area contributed by atoms with Crippen LogP contribution in [0.4, 0.5) is 5.69 Å². The fourth-order valence-electron chi connectivity index (χ4n) is 3.56. The van der Waals surface area contributed by atoms with Gasteiger partial charge in [0, 0.05) is 5.69 Å². The highest BCUT2D eigenvalue weighted by molar-refractivity contribution is 5.70. The van der Waals surface area contributed by atoms with E-state index >= 15 is 0 Å². The van der Waals surface area contributed by atoms with Gasteiger partial charge in [-0.25, -0.2) is 0 Å². The average molecular weight is 244 g/mol. The maximum absolute atomic E-state index is 9.00. The van der Waals surface area contributed by atoms with Gasteiger partial charge in [-0.2, -0.15) is 0 Å². The van der Waals surface area contributed by atoms with Gasteiger partial charge in [-0.15, -0.1) is 0 Å². The molecule has 0 unspecified atom stereocenters. The lowest BCUT2D eigenvalue weighted by molar-refractivity contribution is 0.467. The van der Waals surface area contributed by atoms with Gasteiger partial charge in [0.1, 0.15) is 12.1 Å². The van der Waals surface area contributed by atoms with Crippen molar-refractivity contribution >= 4 is 5.69 Å². The van der Waals surface area contributed by atoms with E-state index in [1.165, 1.54) is 59.2 Å². The number of nitrogens with two attached hydrogens (primary N) is 1. The second-order valence-electron chi connectivity index (χ2n) is 5.33. The van der Waals surface area contributed by atoms with Crippen molar-refractivity contribution in [3.8, 4) is 0 Å². The lowest BCUT2D eigenvalue weighted by Crippen LogP contribution is -2.13. The van der Waals surface area contributed by atoms with Crippen LogP contribution in [0.2, 0.25) is 0 Å². The first-order chi connectivity index (χ1) is 8.72. The quantitative estimate of drug-likeness (QED) is 0.701. The molecule has 1 aromatic carbocycles. The van der Waals surface area contributed by atoms with Gasteiger partial charge in [0.05, 0.1) is 0 Å². The fraction of sp³-hybridized carbons (Fsp3) is 0.467. The number of rotatable bonds is 2. The summed E-state index contributed by atoms with van der Waals surface area (Å²) in [5.41, 5.74) is 14.3. The zero-order valence-electron chi connectivity index (χ0n) is 10.8. The van der Waals surface area contributed by atoms with Crippen LogP contribution < -0.4 is 11.1 Å². The van der Waals surface area contributed by atoms with Gasteiger partial charge in [0.15, 0.2) is 0 Å². The molecule has 3 nitrogen and oxygen atoms in total. The summed E-state index contributed by atoms with van der Waals surface area (Å²) < 4.78 is 0. The average Bonchev–Trinajstić information content (AvgIpc) is 3.02. The minimum absolute atomic E-state index is 0.335. The third kappa shape index (κ3) is 1.57. The molecule has 0 heterocycles. The summed E-state index contributed by atoms with van der Waals surface area (Å²) >= 11 is 0. The summed E-state index contributed by atoms with van der Waals surface area (Å²) in [4.78, 5) is 0. The Bertz CT molecular complexity index is 497. The third-order valence-electron chi connectivity index (χ3n) is 4.35. The van der Waals surface area contributed by atoms with Crippen LogP contribution in [0.1, 0.15) is 40.7 Å². The number of aliphatic hydroxyl groups excluding tert-OH is 1. The molecule has 18 heavy (non-hydrogen) atoms. The Morgan fingerprint density at radius 1 is 1.06 bits per heavy atom. The van der Waals surface area contributed by atoms with E-state index in [-0.39, 0.29) is 0 Å². The van der Waals surface area contributed by atoms with E-state index in [1.54, 1.807) is 0 Å². The molecule has 0 spiro atoms. The van der Waals surface area contributed by atoms with E-state index in [0.29, 0.717) is 5.82 Å². The van der Waals surface area contributed by atoms with Gasteiger partial charge in [0.2, 0.25) is 0 Å². The van der Waals surface area contributed by atoms with Crippen molar-refractivity contribution in [2.24, 2.45) is 5.73 Å². The summed E-state index contributed by atoms with van der Waals surface area (Å²) in [5, 5.41) is 12.2. The molecule has 96 valence electrons. The number of benzene rings is 1. The van der Waals surface area contributed by atoms with Crippen LogP contribution in [-0.2, 0) is 25.7 Å². The molecule has 1 aromatic rings. The van der Waals surface area contributed by atoms with Gasteiger partial charge in [-0.3, -0.25) is 0 Å². The first-order valence-corrected chi connectivity index (χ1v) is 6.75. The van der Waals surface area contributed by atoms with Crippen molar-refractivity contribution in [3.05, 3.63) is 39.9 Å². The number of fused-ring (bicyclic) bond motifs is 2. The summed E-state index contributed by atoms with van der Waals surface area (Å²) in [6, 6.07) is 0. The van der Waals surface area contributed by atoms with Crippen molar-refractivity contribution in [2.75, 3.05) is 5.32 Å². The third-order valence-corrected chi connectivity index (χ3v) is 4.35. The van der Waals surface area contributed by atoms with E-state index in [4.69, 9.17) is 10.8 Å². The largest absolute Gasteiger partial charge is 0.512 e. The number of aliphatic hydroxyl groups is 1. The SMILES string of the molecule is Cc1c2c(c(N/C(N)=C\O)c3c1CCC3)CCC2. The molecule has 2 aliphatic rings. The van der Waals surface area contributed by atoms with Crippen molar-refractivity contribution in [1.82, 2.24) is 0 Å². The summed E-state index contributed by atoms with van der Waals surface area (Å²) in [6.07, 6.45) is 8.04. The van der Waals surface area contributed by atoms with E-state index < -0.39 is 0 Å². The monoisotopic (exact) mass is 244 g/mol. The predicted octanol–water partition coefficient (Wildman–Crippen LogP) is 2.70. The zero-order chi connectivity index (χ0) is 12.7. The molecule has 0 amide bonds. The molecule has 0 bridgehead atoms.